The summed E-state index contributed by atoms with van der Waals surface area (Å²) in [6.45, 7) is 7.44. The Labute approximate surface area is 93.1 Å². The van der Waals surface area contributed by atoms with Gasteiger partial charge >= 0.3 is 5.97 Å². The summed E-state index contributed by atoms with van der Waals surface area (Å²) in [6.07, 6.45) is 3.47. The smallest absolute Gasteiger partial charge is 0.305 e. The molecule has 0 rings (SSSR count). The Bertz CT molecular complexity index is 170. The highest BCUT2D eigenvalue weighted by Gasteiger charge is 2.13. The molecule has 3 nitrogen and oxygen atoms in total. The van der Waals surface area contributed by atoms with Crippen LogP contribution >= 0.6 is 0 Å². The van der Waals surface area contributed by atoms with E-state index < -0.39 is 0 Å². The Morgan fingerprint density at radius 2 is 1.80 bits per heavy atom. The minimum absolute atomic E-state index is 0.0612. The van der Waals surface area contributed by atoms with E-state index in [1.54, 1.807) is 7.11 Å². The Morgan fingerprint density at radius 3 is 2.33 bits per heavy atom. The van der Waals surface area contributed by atoms with Gasteiger partial charge in [-0.15, -0.1) is 0 Å². The maximum absolute atomic E-state index is 11.3. The molecule has 0 atom stereocenters. The molecule has 0 radical (unpaired) electrons. The van der Waals surface area contributed by atoms with E-state index in [0.29, 0.717) is 13.0 Å². The van der Waals surface area contributed by atoms with Crippen LogP contribution in [0.5, 0.6) is 0 Å². The van der Waals surface area contributed by atoms with Gasteiger partial charge in [0.1, 0.15) is 0 Å². The van der Waals surface area contributed by atoms with Crippen LogP contribution in [-0.2, 0) is 14.3 Å². The lowest BCUT2D eigenvalue weighted by molar-refractivity contribution is -0.146. The Balaban J connectivity index is 3.34. The number of carbonyl (C=O) groups is 1. The van der Waals surface area contributed by atoms with Gasteiger partial charge in [0.15, 0.2) is 0 Å². The van der Waals surface area contributed by atoms with Crippen molar-refractivity contribution in [2.75, 3.05) is 20.3 Å². The molecule has 0 spiro atoms. The van der Waals surface area contributed by atoms with Crippen LogP contribution < -0.4 is 0 Å². The topological polar surface area (TPSA) is 35.5 Å². The quantitative estimate of drug-likeness (QED) is 0.485. The molecule has 90 valence electrons. The second kappa shape index (κ2) is 7.69. The van der Waals surface area contributed by atoms with E-state index in [4.69, 9.17) is 9.47 Å². The molecule has 0 amide bonds. The molecule has 0 aliphatic carbocycles. The number of hydrogen-bond donors (Lipinski definition) is 0. The van der Waals surface area contributed by atoms with E-state index in [-0.39, 0.29) is 11.4 Å². The minimum Gasteiger partial charge on any atom is -0.465 e. The number of methoxy groups -OCH3 is 1. The number of hydrogen-bond acceptors (Lipinski definition) is 3. The average molecular weight is 216 g/mol. The normalized spacial score (nSPS) is 11.5. The molecule has 0 bridgehead atoms. The zero-order chi connectivity index (χ0) is 11.7. The van der Waals surface area contributed by atoms with Gasteiger partial charge in [-0.05, 0) is 18.3 Å². The van der Waals surface area contributed by atoms with Gasteiger partial charge in [0.2, 0.25) is 0 Å². The van der Waals surface area contributed by atoms with E-state index in [0.717, 1.165) is 25.9 Å². The van der Waals surface area contributed by atoms with Crippen molar-refractivity contribution in [3.8, 4) is 0 Å². The van der Waals surface area contributed by atoms with Crippen LogP contribution in [0.25, 0.3) is 0 Å². The number of esters is 1. The largest absolute Gasteiger partial charge is 0.465 e. The van der Waals surface area contributed by atoms with E-state index >= 15 is 0 Å². The fourth-order valence-electron chi connectivity index (χ4n) is 1.06. The molecule has 0 N–H and O–H groups in total. The van der Waals surface area contributed by atoms with Gasteiger partial charge < -0.3 is 9.47 Å². The van der Waals surface area contributed by atoms with Crippen molar-refractivity contribution >= 4 is 5.97 Å². The second-order valence-corrected chi connectivity index (χ2v) is 5.02. The molecule has 0 aliphatic rings. The molecule has 0 aromatic carbocycles. The lowest BCUT2D eigenvalue weighted by atomic mass is 9.99. The minimum atomic E-state index is -0.0812. The molecule has 0 unspecified atom stereocenters. The first-order chi connectivity index (χ1) is 6.95. The number of ether oxygens (including phenoxy) is 2. The molecule has 0 fully saturated rings. The summed E-state index contributed by atoms with van der Waals surface area (Å²) in [6, 6.07) is 0. The van der Waals surface area contributed by atoms with Crippen molar-refractivity contribution in [1.82, 2.24) is 0 Å². The van der Waals surface area contributed by atoms with Crippen molar-refractivity contribution in [3.63, 3.8) is 0 Å². The van der Waals surface area contributed by atoms with Gasteiger partial charge in [0.05, 0.1) is 6.61 Å². The maximum atomic E-state index is 11.3. The van der Waals surface area contributed by atoms with Crippen LogP contribution in [0, 0.1) is 5.41 Å². The molecular weight excluding hydrogens is 192 g/mol. The highest BCUT2D eigenvalue weighted by Crippen LogP contribution is 2.13. The molecular formula is C12H24O3. The zero-order valence-corrected chi connectivity index (χ0v) is 10.5. The first-order valence-corrected chi connectivity index (χ1v) is 5.60. The summed E-state index contributed by atoms with van der Waals surface area (Å²) in [5.74, 6) is -0.0812. The third-order valence-electron chi connectivity index (χ3n) is 1.90. The third kappa shape index (κ3) is 11.4. The second-order valence-electron chi connectivity index (χ2n) is 5.02. The van der Waals surface area contributed by atoms with Crippen molar-refractivity contribution in [3.05, 3.63) is 0 Å². The zero-order valence-electron chi connectivity index (χ0n) is 10.5. The number of rotatable bonds is 7. The van der Waals surface area contributed by atoms with Crippen molar-refractivity contribution in [1.29, 1.82) is 0 Å². The lowest BCUT2D eigenvalue weighted by Crippen LogP contribution is -2.18. The van der Waals surface area contributed by atoms with Gasteiger partial charge in [0.25, 0.3) is 0 Å². The van der Waals surface area contributed by atoms with Gasteiger partial charge in [-0.25, -0.2) is 0 Å². The monoisotopic (exact) mass is 216 g/mol. The summed E-state index contributed by atoms with van der Waals surface area (Å²) >= 11 is 0. The predicted molar refractivity (Wildman–Crippen MR) is 60.8 cm³/mol. The van der Waals surface area contributed by atoms with Crippen LogP contribution in [-0.4, -0.2) is 26.3 Å². The highest BCUT2D eigenvalue weighted by atomic mass is 16.5. The molecule has 0 saturated carbocycles. The third-order valence-corrected chi connectivity index (χ3v) is 1.90. The fourth-order valence-corrected chi connectivity index (χ4v) is 1.06. The SMILES string of the molecule is COCCCCCC(=O)OCC(C)(C)C. The van der Waals surface area contributed by atoms with Gasteiger partial charge in [-0.3, -0.25) is 4.79 Å². The van der Waals surface area contributed by atoms with Gasteiger partial charge in [-0.2, -0.15) is 0 Å². The van der Waals surface area contributed by atoms with Gasteiger partial charge in [0, 0.05) is 20.1 Å². The summed E-state index contributed by atoms with van der Waals surface area (Å²) in [5, 5.41) is 0. The first-order valence-electron chi connectivity index (χ1n) is 5.60. The Kier molecular flexibility index (Phi) is 7.39. The summed E-state index contributed by atoms with van der Waals surface area (Å²) in [7, 11) is 1.69. The van der Waals surface area contributed by atoms with Gasteiger partial charge in [-0.1, -0.05) is 27.2 Å². The highest BCUT2D eigenvalue weighted by molar-refractivity contribution is 5.69. The van der Waals surface area contributed by atoms with Crippen LogP contribution in [0.1, 0.15) is 46.5 Å². The van der Waals surface area contributed by atoms with Crippen molar-refractivity contribution < 1.29 is 14.3 Å². The fraction of sp³-hybridized carbons (Fsp3) is 0.917. The van der Waals surface area contributed by atoms with Crippen LogP contribution in [0.15, 0.2) is 0 Å². The van der Waals surface area contributed by atoms with E-state index in [9.17, 15) is 4.79 Å². The number of unbranched alkanes of at least 4 members (excludes halogenated alkanes) is 2. The number of carbonyl (C=O) groups excluding carboxylic acids is 1. The molecule has 15 heavy (non-hydrogen) atoms. The summed E-state index contributed by atoms with van der Waals surface area (Å²) < 4.78 is 10.1. The average Bonchev–Trinajstić information content (AvgIpc) is 2.13. The van der Waals surface area contributed by atoms with Crippen molar-refractivity contribution in [2.45, 2.75) is 46.5 Å². The van der Waals surface area contributed by atoms with Crippen LogP contribution in [0.2, 0.25) is 0 Å². The molecule has 0 aliphatic heterocycles. The van der Waals surface area contributed by atoms with E-state index in [1.807, 2.05) is 0 Å². The molecule has 0 aromatic rings. The first kappa shape index (κ1) is 14.4. The maximum Gasteiger partial charge on any atom is 0.305 e. The molecule has 0 saturated heterocycles. The summed E-state index contributed by atoms with van der Waals surface area (Å²) in [4.78, 5) is 11.3. The summed E-state index contributed by atoms with van der Waals surface area (Å²) in [5.41, 5.74) is 0.0612. The Hall–Kier alpha value is -0.570. The Morgan fingerprint density at radius 1 is 1.13 bits per heavy atom. The molecule has 0 heterocycles. The lowest BCUT2D eigenvalue weighted by Gasteiger charge is -2.17. The van der Waals surface area contributed by atoms with E-state index in [2.05, 4.69) is 20.8 Å². The van der Waals surface area contributed by atoms with E-state index in [1.165, 1.54) is 0 Å². The predicted octanol–water partition coefficient (Wildman–Crippen LogP) is 2.78. The van der Waals surface area contributed by atoms with Crippen LogP contribution in [0.4, 0.5) is 0 Å². The van der Waals surface area contributed by atoms with Crippen molar-refractivity contribution in [2.24, 2.45) is 5.41 Å². The van der Waals surface area contributed by atoms with Crippen LogP contribution in [0.3, 0.4) is 0 Å². The molecule has 0 aromatic heterocycles. The molecule has 3 heteroatoms. The standard InChI is InChI=1S/C12H24O3/c1-12(2,3)10-15-11(13)8-6-5-7-9-14-4/h5-10H2,1-4H3.